The number of nitro benzene ring substituents is 1. The number of nitro groups is 1. The van der Waals surface area contributed by atoms with Gasteiger partial charge in [-0.3, -0.25) is 10.1 Å². The number of likely N-dealkylation sites (N-methyl/N-ethyl adjacent to an activating group) is 1. The highest BCUT2D eigenvalue weighted by atomic mass is 16.6. The van der Waals surface area contributed by atoms with Crippen LogP contribution >= 0.6 is 0 Å². The Morgan fingerprint density at radius 3 is 2.03 bits per heavy atom. The van der Waals surface area contributed by atoms with Crippen molar-refractivity contribution in [3.63, 3.8) is 0 Å². The molecule has 0 aliphatic heterocycles. The Morgan fingerprint density at radius 2 is 1.38 bits per heavy atom. The van der Waals surface area contributed by atoms with Gasteiger partial charge in [-0.1, -0.05) is 91.0 Å². The minimum absolute atomic E-state index is 0.116. The molecule has 4 nitrogen and oxygen atoms in total. The fraction of sp³-hybridized carbons (Fsp3) is 0.152. The zero-order chi connectivity index (χ0) is 25.8. The fourth-order valence-corrected chi connectivity index (χ4v) is 5.02. The molecule has 0 radical (unpaired) electrons. The topological polar surface area (TPSA) is 46.4 Å². The number of fused-ring (bicyclic) bond motifs is 2. The van der Waals surface area contributed by atoms with Gasteiger partial charge in [0.15, 0.2) is 0 Å². The van der Waals surface area contributed by atoms with Crippen LogP contribution in [0.3, 0.4) is 0 Å². The van der Waals surface area contributed by atoms with Gasteiger partial charge >= 0.3 is 0 Å². The molecule has 0 aromatic heterocycles. The second-order valence-electron chi connectivity index (χ2n) is 9.58. The summed E-state index contributed by atoms with van der Waals surface area (Å²) in [6, 6.07) is 37.0. The van der Waals surface area contributed by atoms with E-state index in [1.807, 2.05) is 12.1 Å². The molecule has 184 valence electrons. The number of hydrogen-bond acceptors (Lipinski definition) is 3. The van der Waals surface area contributed by atoms with Crippen LogP contribution in [-0.4, -0.2) is 18.0 Å². The molecule has 4 heteroatoms. The molecule has 2 atom stereocenters. The quantitative estimate of drug-likeness (QED) is 0.163. The van der Waals surface area contributed by atoms with Crippen molar-refractivity contribution in [3.05, 3.63) is 137 Å². The Labute approximate surface area is 217 Å². The van der Waals surface area contributed by atoms with Gasteiger partial charge in [0, 0.05) is 36.8 Å². The second kappa shape index (κ2) is 10.7. The molecule has 0 saturated carbocycles. The fourth-order valence-electron chi connectivity index (χ4n) is 5.02. The Balaban J connectivity index is 1.43. The predicted octanol–water partition coefficient (Wildman–Crippen LogP) is 8.61. The van der Waals surface area contributed by atoms with Gasteiger partial charge in [-0.05, 0) is 64.2 Å². The van der Waals surface area contributed by atoms with E-state index >= 15 is 0 Å². The third kappa shape index (κ3) is 5.39. The largest absolute Gasteiger partial charge is 0.371 e. The van der Waals surface area contributed by atoms with Gasteiger partial charge in [0.05, 0.1) is 4.92 Å². The lowest BCUT2D eigenvalue weighted by molar-refractivity contribution is -0.384. The Morgan fingerprint density at radius 1 is 0.784 bits per heavy atom. The molecule has 0 amide bonds. The molecular formula is C33H30N2O2. The van der Waals surface area contributed by atoms with E-state index in [0.29, 0.717) is 0 Å². The zero-order valence-corrected chi connectivity index (χ0v) is 21.1. The number of non-ortho nitro benzene ring substituents is 1. The lowest BCUT2D eigenvalue weighted by Gasteiger charge is -2.34. The smallest absolute Gasteiger partial charge is 0.269 e. The number of allylic oxidation sites excluding steroid dienone is 1. The van der Waals surface area contributed by atoms with E-state index < -0.39 is 0 Å². The van der Waals surface area contributed by atoms with Crippen LogP contribution in [0.5, 0.6) is 0 Å². The normalized spacial score (nSPS) is 13.1. The Hall–Kier alpha value is -4.44. The molecule has 5 rings (SSSR count). The van der Waals surface area contributed by atoms with Crippen molar-refractivity contribution in [2.45, 2.75) is 25.3 Å². The first-order valence-electron chi connectivity index (χ1n) is 12.6. The van der Waals surface area contributed by atoms with E-state index in [1.54, 1.807) is 12.1 Å². The van der Waals surface area contributed by atoms with E-state index in [0.717, 1.165) is 23.2 Å². The van der Waals surface area contributed by atoms with Crippen molar-refractivity contribution >= 4 is 39.0 Å². The van der Waals surface area contributed by atoms with Crippen molar-refractivity contribution in [3.8, 4) is 0 Å². The van der Waals surface area contributed by atoms with Gasteiger partial charge in [-0.25, -0.2) is 0 Å². The SMILES string of the molecule is CC(C(CC=Cc1ccc2ccccc2c1)c1ccc([N+](=O)[O-])cc1)N(C)c1ccc2ccccc2c1. The molecule has 0 aliphatic rings. The van der Waals surface area contributed by atoms with Gasteiger partial charge in [-0.15, -0.1) is 0 Å². The summed E-state index contributed by atoms with van der Waals surface area (Å²) >= 11 is 0. The molecule has 0 bridgehead atoms. The number of anilines is 1. The van der Waals surface area contributed by atoms with Crippen molar-refractivity contribution in [1.82, 2.24) is 0 Å². The highest BCUT2D eigenvalue weighted by molar-refractivity contribution is 5.86. The minimum atomic E-state index is -0.344. The van der Waals surface area contributed by atoms with Crippen LogP contribution < -0.4 is 4.90 Å². The summed E-state index contributed by atoms with van der Waals surface area (Å²) in [6.45, 7) is 2.23. The van der Waals surface area contributed by atoms with E-state index in [9.17, 15) is 10.1 Å². The van der Waals surface area contributed by atoms with Crippen LogP contribution in [-0.2, 0) is 0 Å². The molecule has 5 aromatic rings. The molecule has 0 fully saturated rings. The van der Waals surface area contributed by atoms with Crippen molar-refractivity contribution in [2.24, 2.45) is 0 Å². The minimum Gasteiger partial charge on any atom is -0.371 e. The van der Waals surface area contributed by atoms with Gasteiger partial charge in [0.1, 0.15) is 0 Å². The number of hydrogen-bond donors (Lipinski definition) is 0. The molecule has 37 heavy (non-hydrogen) atoms. The molecular weight excluding hydrogens is 456 g/mol. The maximum Gasteiger partial charge on any atom is 0.269 e. The van der Waals surface area contributed by atoms with E-state index in [4.69, 9.17) is 0 Å². The predicted molar refractivity (Wildman–Crippen MR) is 155 cm³/mol. The molecule has 0 saturated heterocycles. The van der Waals surface area contributed by atoms with Crippen LogP contribution in [0.25, 0.3) is 27.6 Å². The van der Waals surface area contributed by atoms with Crippen molar-refractivity contribution in [1.29, 1.82) is 0 Å². The molecule has 0 heterocycles. The van der Waals surface area contributed by atoms with Gasteiger partial charge in [0.25, 0.3) is 5.69 Å². The highest BCUT2D eigenvalue weighted by Gasteiger charge is 2.23. The average Bonchev–Trinajstić information content (AvgIpc) is 2.94. The monoisotopic (exact) mass is 486 g/mol. The van der Waals surface area contributed by atoms with Crippen LogP contribution in [0, 0.1) is 10.1 Å². The summed E-state index contributed by atoms with van der Waals surface area (Å²) in [5.74, 6) is 0.147. The third-order valence-corrected chi connectivity index (χ3v) is 7.34. The summed E-state index contributed by atoms with van der Waals surface area (Å²) in [5, 5.41) is 16.1. The van der Waals surface area contributed by atoms with Crippen molar-refractivity contribution in [2.75, 3.05) is 11.9 Å². The Bertz CT molecular complexity index is 1570. The summed E-state index contributed by atoms with van der Waals surface area (Å²) in [7, 11) is 2.13. The van der Waals surface area contributed by atoms with Crippen LogP contribution in [0.1, 0.15) is 30.4 Å². The van der Waals surface area contributed by atoms with Gasteiger partial charge in [0.2, 0.25) is 0 Å². The average molecular weight is 487 g/mol. The van der Waals surface area contributed by atoms with Crippen LogP contribution in [0.2, 0.25) is 0 Å². The number of benzene rings is 5. The molecule has 0 N–H and O–H groups in total. The van der Waals surface area contributed by atoms with Crippen LogP contribution in [0.4, 0.5) is 11.4 Å². The first-order chi connectivity index (χ1) is 18.0. The first-order valence-corrected chi connectivity index (χ1v) is 12.6. The molecule has 0 aliphatic carbocycles. The lowest BCUT2D eigenvalue weighted by atomic mass is 9.87. The van der Waals surface area contributed by atoms with Crippen molar-refractivity contribution < 1.29 is 4.92 Å². The number of nitrogens with zero attached hydrogens (tertiary/aromatic N) is 2. The van der Waals surface area contributed by atoms with E-state index in [-0.39, 0.29) is 22.6 Å². The summed E-state index contributed by atoms with van der Waals surface area (Å²) in [6.07, 6.45) is 5.21. The summed E-state index contributed by atoms with van der Waals surface area (Å²) < 4.78 is 0. The van der Waals surface area contributed by atoms with Gasteiger partial charge in [-0.2, -0.15) is 0 Å². The summed E-state index contributed by atoms with van der Waals surface area (Å²) in [4.78, 5) is 13.2. The van der Waals surface area contributed by atoms with E-state index in [2.05, 4.69) is 116 Å². The second-order valence-corrected chi connectivity index (χ2v) is 9.58. The Kier molecular flexibility index (Phi) is 7.00. The number of rotatable bonds is 8. The van der Waals surface area contributed by atoms with Gasteiger partial charge < -0.3 is 4.90 Å². The zero-order valence-electron chi connectivity index (χ0n) is 21.1. The third-order valence-electron chi connectivity index (χ3n) is 7.34. The standard InChI is InChI=1S/C33H30N2O2/c1-24(34(2)32-21-16-27-10-4-6-12-30(27)23-32)33(28-17-19-31(20-18-28)35(36)37)13-7-8-25-14-15-26-9-3-5-11-29(26)22-25/h3-12,14-24,33H,13H2,1-2H3. The summed E-state index contributed by atoms with van der Waals surface area (Å²) in [5.41, 5.74) is 3.52. The highest BCUT2D eigenvalue weighted by Crippen LogP contribution is 2.32. The maximum atomic E-state index is 11.2. The first kappa shape index (κ1) is 24.3. The molecule has 5 aromatic carbocycles. The molecule has 2 unspecified atom stereocenters. The lowest BCUT2D eigenvalue weighted by Crippen LogP contribution is -2.34. The molecule has 0 spiro atoms. The maximum absolute atomic E-state index is 11.2. The van der Waals surface area contributed by atoms with Crippen LogP contribution in [0.15, 0.2) is 115 Å². The van der Waals surface area contributed by atoms with E-state index in [1.165, 1.54) is 21.5 Å².